The van der Waals surface area contributed by atoms with Gasteiger partial charge in [-0.25, -0.2) is 0 Å². The molecule has 0 aromatic heterocycles. The molecule has 0 heterocycles. The zero-order valence-electron chi connectivity index (χ0n) is 6.14. The predicted molar refractivity (Wildman–Crippen MR) is 35.6 cm³/mol. The molecule has 0 saturated heterocycles. The largest absolute Gasteiger partial charge is 1.00 e. The minimum Gasteiger partial charge on any atom is 1.00 e. The normalized spacial score (nSPS) is 7.36. The molecule has 0 rings (SSSR count). The molecule has 0 unspecified atom stereocenters. The summed E-state index contributed by atoms with van der Waals surface area (Å²) in [4.78, 5) is 25.6. The van der Waals surface area contributed by atoms with Crippen molar-refractivity contribution in [3.05, 3.63) is 0 Å². The molecule has 0 spiro atoms. The van der Waals surface area contributed by atoms with Crippen LogP contribution in [-0.4, -0.2) is 0 Å². The summed E-state index contributed by atoms with van der Waals surface area (Å²) in [5.74, 6) is 0. The first-order valence-electron chi connectivity index (χ1n) is 0.958. The van der Waals surface area contributed by atoms with Gasteiger partial charge >= 0.3 is 203 Å². The van der Waals surface area contributed by atoms with Crippen molar-refractivity contribution >= 4 is 48.5 Å². The van der Waals surface area contributed by atoms with E-state index in [1.54, 1.807) is 8.46 Å². The molecule has 0 bridgehead atoms. The summed E-state index contributed by atoms with van der Waals surface area (Å²) in [7, 11) is -3.64. The van der Waals surface area contributed by atoms with E-state index in [0.29, 0.717) is 0 Å². The maximum absolute atomic E-state index is 8.55. The van der Waals surface area contributed by atoms with Gasteiger partial charge < -0.3 is 19.2 Å². The van der Waals surface area contributed by atoms with Crippen LogP contribution in [0.15, 0.2) is 0 Å². The Morgan fingerprint density at radius 1 is 1.00 bits per heavy atom. The van der Waals surface area contributed by atoms with Crippen LogP contribution in [0, 0.1) is 0 Å². The van der Waals surface area contributed by atoms with Crippen LogP contribution in [0.5, 0.6) is 0 Å². The maximum Gasteiger partial charge on any atom is 1.00 e. The zero-order valence-corrected chi connectivity index (χ0v) is 21.7. The molecular weight excluding hydrogens is 530 g/mol. The Labute approximate surface area is 222 Å². The number of phosphoric acid groups is 1. The topological polar surface area (TPSA) is 86.2 Å². The molecule has 0 aromatic rings. The van der Waals surface area contributed by atoms with Gasteiger partial charge in [0.05, 0.1) is 0 Å². The SMILES string of the molecule is O=P([O-])([O-])[O-].[I][Cu][I].[K+].[K+].[K+]. The summed E-state index contributed by atoms with van der Waals surface area (Å²) in [5, 5.41) is 0. The van der Waals surface area contributed by atoms with Crippen LogP contribution in [0.3, 0.4) is 0 Å². The first-order valence-corrected chi connectivity index (χ1v) is 8.49. The summed E-state index contributed by atoms with van der Waals surface area (Å²) in [6.45, 7) is 0. The van der Waals surface area contributed by atoms with Gasteiger partial charge in [0.2, 0.25) is 0 Å². The standard InChI is InChI=1S/Cu.2HI.3K.H3O4P/c;;;;;;1-5(2,3)4/h;2*1H;;;;(H3,1,2,3,4)/q+2;;;3*+1;/p-5. The second-order valence-electron chi connectivity index (χ2n) is 0.490. The summed E-state index contributed by atoms with van der Waals surface area (Å²) >= 11 is 4.36. The molecule has 4 nitrogen and oxygen atoms in total. The van der Waals surface area contributed by atoms with Gasteiger partial charge in [-0.05, 0) is 0 Å². The van der Waals surface area contributed by atoms with E-state index in [1.165, 1.54) is 0 Å². The second-order valence-corrected chi connectivity index (χ2v) is 9.33. The third-order valence-corrected chi connectivity index (χ3v) is 0. The molecule has 0 aromatic carbocycles. The van der Waals surface area contributed by atoms with Gasteiger partial charge in [-0.2, -0.15) is 7.82 Å². The Morgan fingerprint density at radius 3 is 1.00 bits per heavy atom. The fraction of sp³-hybridized carbons (Fsp3) is 0. The van der Waals surface area contributed by atoms with E-state index in [1.807, 2.05) is 0 Å². The zero-order chi connectivity index (χ0) is 7.21. The van der Waals surface area contributed by atoms with Gasteiger partial charge in [0.15, 0.2) is 0 Å². The molecule has 0 amide bonds. The Morgan fingerprint density at radius 2 is 1.00 bits per heavy atom. The molecule has 0 saturated carbocycles. The fourth-order valence-corrected chi connectivity index (χ4v) is 0. The Kier molecular flexibility index (Phi) is 62.1. The van der Waals surface area contributed by atoms with E-state index in [-0.39, 0.29) is 154 Å². The molecule has 0 atom stereocenters. The van der Waals surface area contributed by atoms with E-state index in [0.717, 1.165) is 0 Å². The average molecular weight is 530 g/mol. The van der Waals surface area contributed by atoms with Crippen LogP contribution in [0.1, 0.15) is 0 Å². The predicted octanol–water partition coefficient (Wildman–Crippen LogP) is -10.0. The first-order chi connectivity index (χ1) is 3.41. The molecule has 11 heavy (non-hydrogen) atoms. The van der Waals surface area contributed by atoms with Gasteiger partial charge in [-0.3, -0.25) is 0 Å². The summed E-state index contributed by atoms with van der Waals surface area (Å²) in [6, 6.07) is 0. The molecule has 0 aliphatic carbocycles. The van der Waals surface area contributed by atoms with Gasteiger partial charge in [-0.1, -0.05) is 0 Å². The fourth-order valence-electron chi connectivity index (χ4n) is 0. The van der Waals surface area contributed by atoms with Gasteiger partial charge in [0.1, 0.15) is 0 Å². The second kappa shape index (κ2) is 22.2. The number of hydrogen-bond acceptors (Lipinski definition) is 4. The van der Waals surface area contributed by atoms with Crippen molar-refractivity contribution in [2.45, 2.75) is 0 Å². The van der Waals surface area contributed by atoms with Crippen molar-refractivity contribution in [2.24, 2.45) is 0 Å². The quantitative estimate of drug-likeness (QED) is 0.177. The first kappa shape index (κ1) is 30.8. The molecule has 0 aliphatic heterocycles. The van der Waals surface area contributed by atoms with Crippen LogP contribution in [0.25, 0.3) is 0 Å². The van der Waals surface area contributed by atoms with Crippen LogP contribution >= 0.6 is 48.5 Å². The van der Waals surface area contributed by atoms with Crippen LogP contribution in [0.4, 0.5) is 0 Å². The molecular formula is CuI2K3O4P. The Hall–Kier alpha value is 7.00. The van der Waals surface area contributed by atoms with E-state index in [2.05, 4.69) is 40.7 Å². The Bertz CT molecular complexity index is 79.1. The van der Waals surface area contributed by atoms with Gasteiger partial charge in [0, 0.05) is 0 Å². The third-order valence-electron chi connectivity index (χ3n) is 0. The number of hydrogen-bond donors (Lipinski definition) is 0. The van der Waals surface area contributed by atoms with E-state index in [9.17, 15) is 0 Å². The molecule has 57 valence electrons. The average Bonchev–Trinajstić information content (AvgIpc) is 1.27. The van der Waals surface area contributed by atoms with Crippen molar-refractivity contribution in [3.8, 4) is 0 Å². The minimum absolute atomic E-state index is 0. The summed E-state index contributed by atoms with van der Waals surface area (Å²) < 4.78 is 8.55. The minimum atomic E-state index is -5.39. The van der Waals surface area contributed by atoms with Crippen molar-refractivity contribution in [2.75, 3.05) is 0 Å². The van der Waals surface area contributed by atoms with E-state index < -0.39 is 7.82 Å². The monoisotopic (exact) mass is 529 g/mol. The Balaban J connectivity index is -0.0000000183. The van der Waals surface area contributed by atoms with Gasteiger partial charge in [-0.15, -0.1) is 0 Å². The van der Waals surface area contributed by atoms with Crippen molar-refractivity contribution < 1.29 is 182 Å². The maximum atomic E-state index is 8.55. The van der Waals surface area contributed by atoms with Crippen LogP contribution in [0.2, 0.25) is 0 Å². The van der Waals surface area contributed by atoms with E-state index >= 15 is 0 Å². The molecule has 0 N–H and O–H groups in total. The summed E-state index contributed by atoms with van der Waals surface area (Å²) in [6.07, 6.45) is 0. The molecule has 0 radical (unpaired) electrons. The van der Waals surface area contributed by atoms with Gasteiger partial charge in [0.25, 0.3) is 0 Å². The van der Waals surface area contributed by atoms with Crippen molar-refractivity contribution in [1.82, 2.24) is 0 Å². The van der Waals surface area contributed by atoms with Crippen LogP contribution < -0.4 is 169 Å². The third kappa shape index (κ3) is 78.1. The number of halogens is 2. The molecule has 11 heteroatoms. The smallest absolute Gasteiger partial charge is 1.00 e. The van der Waals surface area contributed by atoms with Crippen molar-refractivity contribution in [1.29, 1.82) is 0 Å². The molecule has 0 aliphatic rings. The van der Waals surface area contributed by atoms with E-state index in [4.69, 9.17) is 19.2 Å². The summed E-state index contributed by atoms with van der Waals surface area (Å²) in [5.41, 5.74) is 0. The van der Waals surface area contributed by atoms with Crippen LogP contribution in [-0.2, 0) is 13.0 Å². The number of rotatable bonds is 0. The molecule has 0 fully saturated rings. The van der Waals surface area contributed by atoms with Crippen molar-refractivity contribution in [3.63, 3.8) is 0 Å².